The SMILES string of the molecule is CCOC(=O)CSc1nnc(-c2cccc(-c3nnc(SCC(=O)OCC)n3CC)c2)n1CC. The van der Waals surface area contributed by atoms with E-state index in [1.807, 2.05) is 47.2 Å². The van der Waals surface area contributed by atoms with Crippen molar-refractivity contribution in [3.63, 3.8) is 0 Å². The summed E-state index contributed by atoms with van der Waals surface area (Å²) in [7, 11) is 0. The molecule has 10 nitrogen and oxygen atoms in total. The molecule has 0 aliphatic rings. The summed E-state index contributed by atoms with van der Waals surface area (Å²) in [5.41, 5.74) is 1.75. The second kappa shape index (κ2) is 12.6. The van der Waals surface area contributed by atoms with Gasteiger partial charge in [-0.25, -0.2) is 0 Å². The minimum absolute atomic E-state index is 0.178. The second-order valence-corrected chi connectivity index (χ2v) is 8.75. The van der Waals surface area contributed by atoms with Crippen LogP contribution in [0.15, 0.2) is 34.6 Å². The highest BCUT2D eigenvalue weighted by Crippen LogP contribution is 2.29. The summed E-state index contributed by atoms with van der Waals surface area (Å²) in [5.74, 6) is 1.20. The van der Waals surface area contributed by atoms with E-state index in [1.54, 1.807) is 13.8 Å². The fraction of sp³-hybridized carbons (Fsp3) is 0.455. The number of nitrogens with zero attached hydrogens (tertiary/aromatic N) is 6. The lowest BCUT2D eigenvalue weighted by atomic mass is 10.1. The molecule has 0 atom stereocenters. The zero-order valence-electron chi connectivity index (χ0n) is 19.7. The molecule has 0 bridgehead atoms. The summed E-state index contributed by atoms with van der Waals surface area (Å²) in [4.78, 5) is 23.5. The summed E-state index contributed by atoms with van der Waals surface area (Å²) < 4.78 is 13.9. The molecule has 3 aromatic rings. The molecular formula is C22H28N6O4S2. The van der Waals surface area contributed by atoms with Gasteiger partial charge in [-0.3, -0.25) is 9.59 Å². The molecule has 2 heterocycles. The topological polar surface area (TPSA) is 114 Å². The number of rotatable bonds is 12. The Balaban J connectivity index is 1.84. The van der Waals surface area contributed by atoms with Crippen LogP contribution in [0, 0.1) is 0 Å². The van der Waals surface area contributed by atoms with Gasteiger partial charge < -0.3 is 18.6 Å². The molecule has 0 amide bonds. The third kappa shape index (κ3) is 6.17. The van der Waals surface area contributed by atoms with Gasteiger partial charge >= 0.3 is 11.9 Å². The van der Waals surface area contributed by atoms with E-state index < -0.39 is 0 Å². The Bertz CT molecular complexity index is 1050. The van der Waals surface area contributed by atoms with E-state index in [1.165, 1.54) is 23.5 Å². The van der Waals surface area contributed by atoms with Crippen LogP contribution < -0.4 is 0 Å². The Morgan fingerprint density at radius 3 is 1.59 bits per heavy atom. The highest BCUT2D eigenvalue weighted by atomic mass is 32.2. The number of ether oxygens (including phenoxy) is 2. The third-order valence-corrected chi connectivity index (χ3v) is 6.57. The average Bonchev–Trinajstić information content (AvgIpc) is 3.45. The summed E-state index contributed by atoms with van der Waals surface area (Å²) in [6.07, 6.45) is 0. The summed E-state index contributed by atoms with van der Waals surface area (Å²) in [6, 6.07) is 7.85. The molecule has 0 saturated heterocycles. The number of thioether (sulfide) groups is 2. The Morgan fingerprint density at radius 2 is 1.21 bits per heavy atom. The zero-order chi connectivity index (χ0) is 24.5. The summed E-state index contributed by atoms with van der Waals surface area (Å²) >= 11 is 2.61. The number of hydrogen-bond acceptors (Lipinski definition) is 10. The minimum atomic E-state index is -0.280. The lowest BCUT2D eigenvalue weighted by molar-refractivity contribution is -0.140. The van der Waals surface area contributed by atoms with Gasteiger partial charge in [-0.2, -0.15) is 0 Å². The lowest BCUT2D eigenvalue weighted by Gasteiger charge is -2.10. The number of esters is 2. The van der Waals surface area contributed by atoms with Crippen molar-refractivity contribution in [2.75, 3.05) is 24.7 Å². The van der Waals surface area contributed by atoms with Gasteiger partial charge in [0.25, 0.3) is 0 Å². The van der Waals surface area contributed by atoms with E-state index in [9.17, 15) is 9.59 Å². The first-order chi connectivity index (χ1) is 16.5. The van der Waals surface area contributed by atoms with Gasteiger partial charge in [0.2, 0.25) is 0 Å². The van der Waals surface area contributed by atoms with Crippen LogP contribution in [0.25, 0.3) is 22.8 Å². The maximum atomic E-state index is 11.7. The molecule has 0 unspecified atom stereocenters. The predicted molar refractivity (Wildman–Crippen MR) is 131 cm³/mol. The average molecular weight is 505 g/mol. The van der Waals surface area contributed by atoms with Crippen LogP contribution >= 0.6 is 23.5 Å². The van der Waals surface area contributed by atoms with Crippen molar-refractivity contribution in [3.8, 4) is 22.8 Å². The van der Waals surface area contributed by atoms with E-state index in [0.29, 0.717) is 48.3 Å². The van der Waals surface area contributed by atoms with Crippen molar-refractivity contribution in [3.05, 3.63) is 24.3 Å². The van der Waals surface area contributed by atoms with Crippen LogP contribution in [-0.4, -0.2) is 66.2 Å². The van der Waals surface area contributed by atoms with Crippen LogP contribution in [0.3, 0.4) is 0 Å². The molecule has 2 aromatic heterocycles. The molecule has 0 N–H and O–H groups in total. The quantitative estimate of drug-likeness (QED) is 0.268. The van der Waals surface area contributed by atoms with Crippen molar-refractivity contribution in [1.82, 2.24) is 29.5 Å². The first-order valence-electron chi connectivity index (χ1n) is 11.1. The smallest absolute Gasteiger partial charge is 0.316 e. The van der Waals surface area contributed by atoms with Gasteiger partial charge in [0.05, 0.1) is 24.7 Å². The monoisotopic (exact) mass is 504 g/mol. The van der Waals surface area contributed by atoms with E-state index >= 15 is 0 Å². The van der Waals surface area contributed by atoms with Gasteiger partial charge in [0.15, 0.2) is 22.0 Å². The molecular weight excluding hydrogens is 476 g/mol. The zero-order valence-corrected chi connectivity index (χ0v) is 21.3. The van der Waals surface area contributed by atoms with Crippen molar-refractivity contribution in [1.29, 1.82) is 0 Å². The highest BCUT2D eigenvalue weighted by molar-refractivity contribution is 8.00. The van der Waals surface area contributed by atoms with Gasteiger partial charge in [0.1, 0.15) is 0 Å². The van der Waals surface area contributed by atoms with Crippen LogP contribution in [-0.2, 0) is 32.2 Å². The van der Waals surface area contributed by atoms with Gasteiger partial charge in [-0.05, 0) is 33.8 Å². The number of hydrogen-bond donors (Lipinski definition) is 0. The van der Waals surface area contributed by atoms with Crippen LogP contribution in [0.1, 0.15) is 27.7 Å². The van der Waals surface area contributed by atoms with Crippen molar-refractivity contribution >= 4 is 35.5 Å². The lowest BCUT2D eigenvalue weighted by Crippen LogP contribution is -2.08. The molecule has 1 aromatic carbocycles. The van der Waals surface area contributed by atoms with Crippen molar-refractivity contribution in [2.24, 2.45) is 0 Å². The summed E-state index contributed by atoms with van der Waals surface area (Å²) in [5, 5.41) is 18.6. The minimum Gasteiger partial charge on any atom is -0.465 e. The fourth-order valence-electron chi connectivity index (χ4n) is 3.24. The molecule has 0 saturated carbocycles. The van der Waals surface area contributed by atoms with E-state index in [4.69, 9.17) is 9.47 Å². The van der Waals surface area contributed by atoms with Gasteiger partial charge in [-0.1, -0.05) is 41.7 Å². The largest absolute Gasteiger partial charge is 0.465 e. The van der Waals surface area contributed by atoms with Crippen LogP contribution in [0.4, 0.5) is 0 Å². The second-order valence-electron chi connectivity index (χ2n) is 6.87. The first-order valence-corrected chi connectivity index (χ1v) is 13.0. The van der Waals surface area contributed by atoms with Crippen LogP contribution in [0.5, 0.6) is 0 Å². The molecule has 0 fully saturated rings. The Kier molecular flexibility index (Phi) is 9.52. The first kappa shape index (κ1) is 25.8. The normalized spacial score (nSPS) is 10.9. The molecule has 12 heteroatoms. The molecule has 182 valence electrons. The van der Waals surface area contributed by atoms with Gasteiger partial charge in [0, 0.05) is 24.2 Å². The molecule has 34 heavy (non-hydrogen) atoms. The molecule has 0 aliphatic carbocycles. The Labute approximate surface area is 206 Å². The molecule has 0 aliphatic heterocycles. The van der Waals surface area contributed by atoms with E-state index in [2.05, 4.69) is 20.4 Å². The van der Waals surface area contributed by atoms with Gasteiger partial charge in [-0.15, -0.1) is 20.4 Å². The molecule has 0 radical (unpaired) electrons. The van der Waals surface area contributed by atoms with Crippen molar-refractivity contribution in [2.45, 2.75) is 51.1 Å². The van der Waals surface area contributed by atoms with Crippen LogP contribution in [0.2, 0.25) is 0 Å². The Hall–Kier alpha value is -2.86. The molecule has 0 spiro atoms. The number of aromatic nitrogens is 6. The number of carbonyl (C=O) groups excluding carboxylic acids is 2. The van der Waals surface area contributed by atoms with E-state index in [-0.39, 0.29) is 23.4 Å². The Morgan fingerprint density at radius 1 is 0.765 bits per heavy atom. The summed E-state index contributed by atoms with van der Waals surface area (Å²) in [6.45, 7) is 9.58. The number of carbonyl (C=O) groups is 2. The molecule has 3 rings (SSSR count). The maximum Gasteiger partial charge on any atom is 0.316 e. The number of benzene rings is 1. The fourth-order valence-corrected chi connectivity index (χ4v) is 4.84. The predicted octanol–water partition coefficient (Wildman–Crippen LogP) is 3.55. The maximum absolute atomic E-state index is 11.7. The standard InChI is InChI=1S/C22H28N6O4S2/c1-5-27-19(23-25-21(27)33-13-17(29)31-7-3)15-10-9-11-16(12-15)20-24-26-22(28(20)6-2)34-14-18(30)32-8-4/h9-12H,5-8,13-14H2,1-4H3. The highest BCUT2D eigenvalue weighted by Gasteiger charge is 2.18. The van der Waals surface area contributed by atoms with E-state index in [0.717, 1.165) is 11.1 Å². The van der Waals surface area contributed by atoms with Crippen molar-refractivity contribution < 1.29 is 19.1 Å². The third-order valence-electron chi connectivity index (χ3n) is 4.69.